The van der Waals surface area contributed by atoms with Crippen molar-refractivity contribution >= 4 is 29.1 Å². The third-order valence-corrected chi connectivity index (χ3v) is 5.12. The lowest BCUT2D eigenvalue weighted by molar-refractivity contribution is -0.118. The Bertz CT molecular complexity index is 798. The van der Waals surface area contributed by atoms with E-state index in [2.05, 4.69) is 32.1 Å². The second-order valence-electron chi connectivity index (χ2n) is 6.76. The summed E-state index contributed by atoms with van der Waals surface area (Å²) in [7, 11) is 2.10. The number of piperazine rings is 1. The van der Waals surface area contributed by atoms with Gasteiger partial charge >= 0.3 is 0 Å². The number of carbonyl (C=O) groups is 1. The maximum Gasteiger partial charge on any atom is 0.263 e. The molecule has 0 saturated carbocycles. The third-order valence-electron chi connectivity index (χ3n) is 4.53. The quantitative estimate of drug-likeness (QED) is 0.847. The monoisotopic (exact) mass is 389 g/mol. The van der Waals surface area contributed by atoms with E-state index in [-0.39, 0.29) is 12.5 Å². The van der Waals surface area contributed by atoms with Crippen LogP contribution in [0.3, 0.4) is 0 Å². The maximum absolute atomic E-state index is 12.2. The zero-order chi connectivity index (χ0) is 19.4. The molecule has 1 aromatic heterocycles. The minimum Gasteiger partial charge on any atom is -0.484 e. The molecule has 0 bridgehead atoms. The third kappa shape index (κ3) is 5.08. The number of aromatic nitrogens is 2. The van der Waals surface area contributed by atoms with Crippen LogP contribution in [0.2, 0.25) is 5.02 Å². The van der Waals surface area contributed by atoms with E-state index >= 15 is 0 Å². The summed E-state index contributed by atoms with van der Waals surface area (Å²) in [5, 5.41) is 3.48. The summed E-state index contributed by atoms with van der Waals surface area (Å²) in [5.74, 6) is 1.63. The molecule has 0 aliphatic carbocycles. The minimum absolute atomic E-state index is 0.103. The summed E-state index contributed by atoms with van der Waals surface area (Å²) in [6.07, 6.45) is 1.47. The number of nitrogens with zero attached hydrogens (tertiary/aromatic N) is 4. The van der Waals surface area contributed by atoms with Crippen molar-refractivity contribution < 1.29 is 9.53 Å². The Morgan fingerprint density at radius 1 is 1.15 bits per heavy atom. The van der Waals surface area contributed by atoms with E-state index in [1.165, 1.54) is 6.33 Å². The zero-order valence-corrected chi connectivity index (χ0v) is 16.6. The molecular formula is C19H24ClN5O2. The Labute approximate surface area is 164 Å². The first-order chi connectivity index (χ1) is 12.9. The van der Waals surface area contributed by atoms with Crippen LogP contribution < -0.4 is 15.0 Å². The fourth-order valence-corrected chi connectivity index (χ4v) is 3.05. The minimum atomic E-state index is -0.275. The van der Waals surface area contributed by atoms with Crippen molar-refractivity contribution in [1.82, 2.24) is 14.9 Å². The number of halogens is 1. The van der Waals surface area contributed by atoms with Crippen LogP contribution in [0.4, 0.5) is 11.6 Å². The van der Waals surface area contributed by atoms with E-state index in [1.54, 1.807) is 6.07 Å². The number of nitrogens with one attached hydrogen (secondary N) is 1. The molecule has 27 heavy (non-hydrogen) atoms. The van der Waals surface area contributed by atoms with E-state index in [0.717, 1.165) is 43.1 Å². The highest BCUT2D eigenvalue weighted by Crippen LogP contribution is 2.25. The maximum atomic E-state index is 12.2. The van der Waals surface area contributed by atoms with Crippen LogP contribution in [0, 0.1) is 13.8 Å². The number of carbonyl (C=O) groups excluding carboxylic acids is 1. The highest BCUT2D eigenvalue weighted by atomic mass is 35.5. The van der Waals surface area contributed by atoms with Crippen LogP contribution >= 0.6 is 11.6 Å². The molecule has 0 unspecified atom stereocenters. The Balaban J connectivity index is 1.57. The molecule has 0 atom stereocenters. The molecule has 3 rings (SSSR count). The molecule has 1 saturated heterocycles. The van der Waals surface area contributed by atoms with E-state index in [1.807, 2.05) is 26.0 Å². The molecule has 0 radical (unpaired) electrons. The lowest BCUT2D eigenvalue weighted by Gasteiger charge is -2.33. The zero-order valence-electron chi connectivity index (χ0n) is 15.8. The van der Waals surface area contributed by atoms with E-state index in [0.29, 0.717) is 16.6 Å². The van der Waals surface area contributed by atoms with Crippen LogP contribution in [0.1, 0.15) is 11.1 Å². The fourth-order valence-electron chi connectivity index (χ4n) is 2.94. The Morgan fingerprint density at radius 2 is 1.81 bits per heavy atom. The number of benzene rings is 1. The second kappa shape index (κ2) is 8.54. The number of aryl methyl sites for hydroxylation is 2. The van der Waals surface area contributed by atoms with E-state index in [9.17, 15) is 4.79 Å². The van der Waals surface area contributed by atoms with Gasteiger partial charge in [-0.1, -0.05) is 11.6 Å². The molecule has 144 valence electrons. The Kier molecular flexibility index (Phi) is 6.13. The first-order valence-corrected chi connectivity index (χ1v) is 9.25. The van der Waals surface area contributed by atoms with Gasteiger partial charge in [-0.05, 0) is 44.2 Å². The van der Waals surface area contributed by atoms with Crippen molar-refractivity contribution in [3.05, 3.63) is 40.7 Å². The summed E-state index contributed by atoms with van der Waals surface area (Å²) in [6.45, 7) is 7.48. The van der Waals surface area contributed by atoms with E-state index in [4.69, 9.17) is 16.3 Å². The number of ether oxygens (including phenoxy) is 1. The Hall–Kier alpha value is -2.38. The highest BCUT2D eigenvalue weighted by Gasteiger charge is 2.16. The van der Waals surface area contributed by atoms with Crippen molar-refractivity contribution in [3.8, 4) is 5.75 Å². The lowest BCUT2D eigenvalue weighted by Crippen LogP contribution is -2.44. The van der Waals surface area contributed by atoms with Gasteiger partial charge in [-0.3, -0.25) is 4.79 Å². The normalized spacial score (nSPS) is 14.9. The SMILES string of the molecule is Cc1cc(OCC(=O)Nc2cc(N3CCN(C)CC3)ncn2)cc(C)c1Cl. The largest absolute Gasteiger partial charge is 0.484 e. The molecule has 0 spiro atoms. The van der Waals surface area contributed by atoms with Crippen LogP contribution in [0.15, 0.2) is 24.5 Å². The highest BCUT2D eigenvalue weighted by molar-refractivity contribution is 6.32. The van der Waals surface area contributed by atoms with Gasteiger partial charge in [-0.15, -0.1) is 0 Å². The number of likely N-dealkylation sites (N-methyl/N-ethyl adjacent to an activating group) is 1. The van der Waals surface area contributed by atoms with Gasteiger partial charge < -0.3 is 19.9 Å². The number of hydrogen-bond acceptors (Lipinski definition) is 6. The molecule has 1 aliphatic heterocycles. The van der Waals surface area contributed by atoms with Gasteiger partial charge in [0, 0.05) is 37.3 Å². The predicted octanol–water partition coefficient (Wildman–Crippen LogP) is 2.52. The van der Waals surface area contributed by atoms with Crippen LogP contribution in [0.5, 0.6) is 5.75 Å². The molecule has 1 aromatic carbocycles. The van der Waals surface area contributed by atoms with Gasteiger partial charge in [0.2, 0.25) is 0 Å². The molecule has 8 heteroatoms. The first-order valence-electron chi connectivity index (χ1n) is 8.87. The van der Waals surface area contributed by atoms with Crippen molar-refractivity contribution in [2.45, 2.75) is 13.8 Å². The van der Waals surface area contributed by atoms with Crippen molar-refractivity contribution in [3.63, 3.8) is 0 Å². The summed E-state index contributed by atoms with van der Waals surface area (Å²) < 4.78 is 5.59. The van der Waals surface area contributed by atoms with Gasteiger partial charge in [0.05, 0.1) is 0 Å². The van der Waals surface area contributed by atoms with Gasteiger partial charge in [0.1, 0.15) is 23.7 Å². The second-order valence-corrected chi connectivity index (χ2v) is 7.14. The molecular weight excluding hydrogens is 366 g/mol. The van der Waals surface area contributed by atoms with Gasteiger partial charge in [-0.2, -0.15) is 0 Å². The van der Waals surface area contributed by atoms with Crippen LogP contribution in [-0.2, 0) is 4.79 Å². The van der Waals surface area contributed by atoms with Gasteiger partial charge in [0.25, 0.3) is 5.91 Å². The van der Waals surface area contributed by atoms with Crippen molar-refractivity contribution in [2.75, 3.05) is 50.1 Å². The number of amides is 1. The average Bonchev–Trinajstić information content (AvgIpc) is 2.65. The number of hydrogen-bond donors (Lipinski definition) is 1. The predicted molar refractivity (Wildman–Crippen MR) is 107 cm³/mol. The molecule has 2 heterocycles. The summed E-state index contributed by atoms with van der Waals surface area (Å²) in [5.41, 5.74) is 1.83. The fraction of sp³-hybridized carbons (Fsp3) is 0.421. The van der Waals surface area contributed by atoms with Gasteiger partial charge in [0.15, 0.2) is 6.61 Å². The molecule has 1 amide bonds. The Morgan fingerprint density at radius 3 is 2.48 bits per heavy atom. The summed E-state index contributed by atoms with van der Waals surface area (Å²) in [4.78, 5) is 25.1. The molecule has 2 aromatic rings. The molecule has 1 N–H and O–H groups in total. The topological polar surface area (TPSA) is 70.6 Å². The van der Waals surface area contributed by atoms with Crippen LogP contribution in [0.25, 0.3) is 0 Å². The van der Waals surface area contributed by atoms with Crippen molar-refractivity contribution in [2.24, 2.45) is 0 Å². The number of anilines is 2. The smallest absolute Gasteiger partial charge is 0.263 e. The average molecular weight is 390 g/mol. The molecule has 1 fully saturated rings. The first kappa shape index (κ1) is 19.4. The van der Waals surface area contributed by atoms with E-state index < -0.39 is 0 Å². The summed E-state index contributed by atoms with van der Waals surface area (Å²) in [6, 6.07) is 5.43. The lowest BCUT2D eigenvalue weighted by atomic mass is 10.1. The van der Waals surface area contributed by atoms with Crippen molar-refractivity contribution in [1.29, 1.82) is 0 Å². The standard InChI is InChI=1S/C19H24ClN5O2/c1-13-8-15(9-14(2)19(13)20)27-11-18(26)23-16-10-17(22-12-21-16)25-6-4-24(3)5-7-25/h8-10,12H,4-7,11H2,1-3H3,(H,21,22,23,26). The van der Waals surface area contributed by atoms with Crippen LogP contribution in [-0.4, -0.2) is 60.6 Å². The molecule has 7 nitrogen and oxygen atoms in total. The summed E-state index contributed by atoms with van der Waals surface area (Å²) >= 11 is 6.15. The molecule has 1 aliphatic rings. The number of rotatable bonds is 5. The van der Waals surface area contributed by atoms with Gasteiger partial charge in [-0.25, -0.2) is 9.97 Å².